The predicted molar refractivity (Wildman–Crippen MR) is 179 cm³/mol. The van der Waals surface area contributed by atoms with Crippen molar-refractivity contribution in [3.05, 3.63) is 65.6 Å². The molecule has 1 amide bonds. The number of aromatic nitrogens is 3. The van der Waals surface area contributed by atoms with Gasteiger partial charge in [-0.2, -0.15) is 0 Å². The molecule has 12 heteroatoms. The molecule has 1 N–H and O–H groups in total. The summed E-state index contributed by atoms with van der Waals surface area (Å²) in [6.45, 7) is 13.5. The second-order valence-electron chi connectivity index (χ2n) is 14.2. The Hall–Kier alpha value is -3.87. The molecule has 2 saturated heterocycles. The highest BCUT2D eigenvalue weighted by molar-refractivity contribution is 5.97. The zero-order chi connectivity index (χ0) is 33.4. The van der Waals surface area contributed by atoms with Gasteiger partial charge in [-0.3, -0.25) is 19.6 Å². The van der Waals surface area contributed by atoms with Gasteiger partial charge in [-0.1, -0.05) is 0 Å². The van der Waals surface area contributed by atoms with Crippen LogP contribution in [0, 0.1) is 11.2 Å². The third kappa shape index (κ3) is 6.70. The van der Waals surface area contributed by atoms with Gasteiger partial charge in [-0.05, 0) is 77.4 Å². The SMILES string of the molecule is CCN(C(=O)c1cc(F)ccc1Oc1cncnc1N1CC2(CC(Oc3ccnc4c3CN(CCCN3CC(O)C3)CC4)C2)C1)C(C)C. The van der Waals surface area contributed by atoms with Gasteiger partial charge in [0.25, 0.3) is 5.91 Å². The van der Waals surface area contributed by atoms with Crippen molar-refractivity contribution < 1.29 is 23.8 Å². The summed E-state index contributed by atoms with van der Waals surface area (Å²) < 4.78 is 27.2. The monoisotopic (exact) mass is 659 g/mol. The lowest BCUT2D eigenvalue weighted by molar-refractivity contribution is -0.0353. The molecule has 1 aromatic carbocycles. The van der Waals surface area contributed by atoms with E-state index in [0.717, 1.165) is 89.5 Å². The van der Waals surface area contributed by atoms with Gasteiger partial charge in [0, 0.05) is 81.1 Å². The second-order valence-corrected chi connectivity index (χ2v) is 14.2. The van der Waals surface area contributed by atoms with Gasteiger partial charge in [0.1, 0.15) is 29.7 Å². The minimum atomic E-state index is -0.495. The summed E-state index contributed by atoms with van der Waals surface area (Å²) >= 11 is 0. The summed E-state index contributed by atoms with van der Waals surface area (Å²) in [7, 11) is 0. The van der Waals surface area contributed by atoms with Gasteiger partial charge in [-0.25, -0.2) is 14.4 Å². The number of anilines is 1. The van der Waals surface area contributed by atoms with Crippen LogP contribution in [-0.2, 0) is 13.0 Å². The molecule has 0 atom stereocenters. The number of nitrogens with zero attached hydrogens (tertiary/aromatic N) is 7. The highest BCUT2D eigenvalue weighted by Crippen LogP contribution is 2.52. The summed E-state index contributed by atoms with van der Waals surface area (Å²) in [6.07, 6.45) is 8.94. The van der Waals surface area contributed by atoms with E-state index in [1.165, 1.54) is 30.1 Å². The van der Waals surface area contributed by atoms with Crippen molar-refractivity contribution in [3.63, 3.8) is 0 Å². The molecule has 1 spiro atoms. The highest BCUT2D eigenvalue weighted by Gasteiger charge is 2.54. The van der Waals surface area contributed by atoms with E-state index >= 15 is 0 Å². The molecule has 0 unspecified atom stereocenters. The topological polar surface area (TPSA) is 107 Å². The van der Waals surface area contributed by atoms with Crippen molar-refractivity contribution in [3.8, 4) is 17.2 Å². The van der Waals surface area contributed by atoms with E-state index in [4.69, 9.17) is 9.47 Å². The van der Waals surface area contributed by atoms with Crippen molar-refractivity contribution in [1.29, 1.82) is 0 Å². The van der Waals surface area contributed by atoms with E-state index in [-0.39, 0.29) is 40.9 Å². The number of benzene rings is 1. The number of likely N-dealkylation sites (tertiary alicyclic amines) is 1. The fourth-order valence-corrected chi connectivity index (χ4v) is 7.75. The minimum absolute atomic E-state index is 0.0393. The average Bonchev–Trinajstić information content (AvgIpc) is 3.02. The maximum atomic E-state index is 14.3. The molecule has 1 saturated carbocycles. The maximum Gasteiger partial charge on any atom is 0.257 e. The normalized spacial score (nSPS) is 19.4. The molecule has 4 aliphatic rings. The second kappa shape index (κ2) is 13.6. The van der Waals surface area contributed by atoms with E-state index in [1.807, 2.05) is 33.0 Å². The zero-order valence-electron chi connectivity index (χ0n) is 28.1. The van der Waals surface area contributed by atoms with E-state index < -0.39 is 5.82 Å². The molecule has 256 valence electrons. The Bertz CT molecular complexity index is 1620. The fourth-order valence-electron chi connectivity index (χ4n) is 7.75. The van der Waals surface area contributed by atoms with E-state index in [0.29, 0.717) is 18.1 Å². The van der Waals surface area contributed by atoms with Crippen LogP contribution in [0.15, 0.2) is 43.0 Å². The number of hydrogen-bond acceptors (Lipinski definition) is 10. The van der Waals surface area contributed by atoms with Crippen molar-refractivity contribution in [2.45, 2.75) is 71.2 Å². The van der Waals surface area contributed by atoms with Crippen LogP contribution in [0.2, 0.25) is 0 Å². The predicted octanol–water partition coefficient (Wildman–Crippen LogP) is 4.15. The quantitative estimate of drug-likeness (QED) is 0.305. The molecule has 7 rings (SSSR count). The third-order valence-electron chi connectivity index (χ3n) is 10.3. The Morgan fingerprint density at radius 3 is 2.65 bits per heavy atom. The minimum Gasteiger partial charge on any atom is -0.490 e. The first-order chi connectivity index (χ1) is 23.2. The molecule has 1 aliphatic carbocycles. The number of aliphatic hydroxyl groups is 1. The maximum absolute atomic E-state index is 14.3. The first kappa shape index (κ1) is 32.7. The number of carbonyl (C=O) groups is 1. The number of hydrogen-bond donors (Lipinski definition) is 1. The largest absolute Gasteiger partial charge is 0.490 e. The Morgan fingerprint density at radius 1 is 1.10 bits per heavy atom. The van der Waals surface area contributed by atoms with Gasteiger partial charge in [0.2, 0.25) is 0 Å². The van der Waals surface area contributed by atoms with Crippen LogP contribution in [0.1, 0.15) is 61.6 Å². The highest BCUT2D eigenvalue weighted by atomic mass is 19.1. The van der Waals surface area contributed by atoms with Crippen molar-refractivity contribution in [2.24, 2.45) is 5.41 Å². The van der Waals surface area contributed by atoms with Crippen molar-refractivity contribution in [2.75, 3.05) is 57.3 Å². The fraction of sp³-hybridized carbons (Fsp3) is 0.556. The molecule has 3 aliphatic heterocycles. The van der Waals surface area contributed by atoms with Crippen LogP contribution in [0.25, 0.3) is 0 Å². The number of pyridine rings is 1. The number of carbonyl (C=O) groups excluding carboxylic acids is 1. The zero-order valence-corrected chi connectivity index (χ0v) is 28.1. The first-order valence-corrected chi connectivity index (χ1v) is 17.3. The molecule has 5 heterocycles. The molecule has 0 radical (unpaired) electrons. The Balaban J connectivity index is 0.953. The summed E-state index contributed by atoms with van der Waals surface area (Å²) in [5, 5.41) is 9.54. The molecule has 2 aromatic heterocycles. The summed E-state index contributed by atoms with van der Waals surface area (Å²) in [5.41, 5.74) is 2.70. The number of fused-ring (bicyclic) bond motifs is 1. The average molecular weight is 660 g/mol. The van der Waals surface area contributed by atoms with Crippen LogP contribution in [0.3, 0.4) is 0 Å². The van der Waals surface area contributed by atoms with Crippen LogP contribution < -0.4 is 14.4 Å². The molecule has 3 fully saturated rings. The molecule has 3 aromatic rings. The number of aliphatic hydroxyl groups excluding tert-OH is 1. The Kier molecular flexibility index (Phi) is 9.23. The number of β-amino-alcohol motifs (C(OH)–C–C–N with tert-alkyl or cyclic N) is 1. The number of halogens is 1. The lowest BCUT2D eigenvalue weighted by Gasteiger charge is -2.59. The molecular weight excluding hydrogens is 613 g/mol. The summed E-state index contributed by atoms with van der Waals surface area (Å²) in [5.74, 6) is 1.55. The van der Waals surface area contributed by atoms with Gasteiger partial charge in [0.15, 0.2) is 11.6 Å². The number of amides is 1. The summed E-state index contributed by atoms with van der Waals surface area (Å²) in [6, 6.07) is 6.00. The number of rotatable bonds is 12. The Labute approximate surface area is 281 Å². The molecule has 11 nitrogen and oxygen atoms in total. The van der Waals surface area contributed by atoms with Crippen LogP contribution in [0.4, 0.5) is 10.2 Å². The van der Waals surface area contributed by atoms with Crippen molar-refractivity contribution in [1.82, 2.24) is 29.7 Å². The smallest absolute Gasteiger partial charge is 0.257 e. The first-order valence-electron chi connectivity index (χ1n) is 17.3. The van der Waals surface area contributed by atoms with Crippen LogP contribution in [0.5, 0.6) is 17.2 Å². The molecule has 48 heavy (non-hydrogen) atoms. The lowest BCUT2D eigenvalue weighted by atomic mass is 9.61. The van der Waals surface area contributed by atoms with E-state index in [2.05, 4.69) is 29.7 Å². The van der Waals surface area contributed by atoms with Crippen molar-refractivity contribution >= 4 is 11.7 Å². The third-order valence-corrected chi connectivity index (χ3v) is 10.3. The standard InChI is InChI=1S/C36H46FN7O4/c1-4-44(24(2)3)35(46)28-14-25(37)6-7-31(28)48-33-17-38-23-40-34(33)43-21-36(22-43)15-27(16-36)47-32-8-10-39-30-9-13-41(20-29(30)32)11-5-12-42-18-26(45)19-42/h6-8,10,14,17,23-24,26-27,45H,4-5,9,11-13,15-16,18-22H2,1-3H3. The van der Waals surface area contributed by atoms with Crippen LogP contribution in [-0.4, -0.2) is 111 Å². The lowest BCUT2D eigenvalue weighted by Crippen LogP contribution is -2.65. The molecule has 0 bridgehead atoms. The van der Waals surface area contributed by atoms with Crippen LogP contribution >= 0.6 is 0 Å². The van der Waals surface area contributed by atoms with Gasteiger partial charge < -0.3 is 24.4 Å². The number of ether oxygens (including phenoxy) is 2. The van der Waals surface area contributed by atoms with Gasteiger partial charge in [-0.15, -0.1) is 0 Å². The van der Waals surface area contributed by atoms with Gasteiger partial charge in [0.05, 0.1) is 17.9 Å². The van der Waals surface area contributed by atoms with E-state index in [1.54, 1.807) is 11.1 Å². The van der Waals surface area contributed by atoms with Gasteiger partial charge >= 0.3 is 0 Å². The van der Waals surface area contributed by atoms with E-state index in [9.17, 15) is 14.3 Å². The molecular formula is C36H46FN7O4. The summed E-state index contributed by atoms with van der Waals surface area (Å²) in [4.78, 5) is 35.4. The Morgan fingerprint density at radius 2 is 1.90 bits per heavy atom.